The van der Waals surface area contributed by atoms with Gasteiger partial charge in [0.25, 0.3) is 0 Å². The van der Waals surface area contributed by atoms with Crippen LogP contribution in [0.5, 0.6) is 0 Å². The van der Waals surface area contributed by atoms with Gasteiger partial charge in [-0.25, -0.2) is 4.79 Å². The van der Waals surface area contributed by atoms with Gasteiger partial charge in [0, 0.05) is 31.8 Å². The van der Waals surface area contributed by atoms with Crippen LogP contribution in [0.15, 0.2) is 30.3 Å². The van der Waals surface area contributed by atoms with Crippen molar-refractivity contribution in [2.24, 2.45) is 0 Å². The minimum absolute atomic E-state index is 0.0836. The van der Waals surface area contributed by atoms with Crippen molar-refractivity contribution in [3.63, 3.8) is 0 Å². The van der Waals surface area contributed by atoms with Gasteiger partial charge in [-0.3, -0.25) is 0 Å². The van der Waals surface area contributed by atoms with Gasteiger partial charge in [-0.2, -0.15) is 0 Å². The molecule has 3 atom stereocenters. The van der Waals surface area contributed by atoms with Crippen molar-refractivity contribution in [3.8, 4) is 0 Å². The molecular formula is C19H29N3O2. The van der Waals surface area contributed by atoms with Crippen molar-refractivity contribution in [3.05, 3.63) is 35.9 Å². The summed E-state index contributed by atoms with van der Waals surface area (Å²) < 4.78 is 5.90. The lowest BCUT2D eigenvalue weighted by atomic mass is 9.97. The molecule has 1 aromatic rings. The zero-order valence-electron chi connectivity index (χ0n) is 14.8. The van der Waals surface area contributed by atoms with E-state index in [9.17, 15) is 4.79 Å². The van der Waals surface area contributed by atoms with Crippen LogP contribution in [0.3, 0.4) is 0 Å². The van der Waals surface area contributed by atoms with Crippen LogP contribution in [-0.4, -0.2) is 61.7 Å². The van der Waals surface area contributed by atoms with Crippen molar-refractivity contribution in [1.82, 2.24) is 15.1 Å². The van der Waals surface area contributed by atoms with E-state index >= 15 is 0 Å². The molecule has 5 heteroatoms. The first-order valence-electron chi connectivity index (χ1n) is 9.02. The lowest BCUT2D eigenvalue weighted by Crippen LogP contribution is -2.53. The second-order valence-corrected chi connectivity index (χ2v) is 7.15. The van der Waals surface area contributed by atoms with Crippen LogP contribution < -0.4 is 5.32 Å². The standard InChI is InChI=1S/C19H29N3O2/c1-21(2)17-9-6-11-22(14-17)19(23)20-16-10-12-24-18(13-16)15-7-4-3-5-8-15/h3-5,7-8,16-18H,6,9-14H2,1-2H3,(H,20,23)/t16-,17+,18-/m0/s1. The van der Waals surface area contributed by atoms with Gasteiger partial charge in [0.1, 0.15) is 0 Å². The number of urea groups is 1. The van der Waals surface area contributed by atoms with Crippen LogP contribution >= 0.6 is 0 Å². The van der Waals surface area contributed by atoms with E-state index in [0.717, 1.165) is 32.4 Å². The fourth-order valence-corrected chi connectivity index (χ4v) is 3.65. The molecule has 2 fully saturated rings. The highest BCUT2D eigenvalue weighted by Gasteiger charge is 2.29. The van der Waals surface area contributed by atoms with E-state index in [0.29, 0.717) is 12.6 Å². The third-order valence-electron chi connectivity index (χ3n) is 5.20. The number of hydrogen-bond donors (Lipinski definition) is 1. The Kier molecular flexibility index (Phi) is 5.74. The summed E-state index contributed by atoms with van der Waals surface area (Å²) in [5, 5.41) is 3.24. The maximum absolute atomic E-state index is 12.6. The van der Waals surface area contributed by atoms with E-state index in [-0.39, 0.29) is 18.2 Å². The first-order chi connectivity index (χ1) is 11.6. The SMILES string of the molecule is CN(C)[C@@H]1CCCN(C(=O)N[C@H]2CCO[C@H](c3ccccc3)C2)C1. The second kappa shape index (κ2) is 7.99. The summed E-state index contributed by atoms with van der Waals surface area (Å²) in [6, 6.07) is 11.0. The Bertz CT molecular complexity index is 535. The predicted octanol–water partition coefficient (Wildman–Crippen LogP) is 2.64. The Balaban J connectivity index is 1.54. The number of nitrogens with zero attached hydrogens (tertiary/aromatic N) is 2. The van der Waals surface area contributed by atoms with Gasteiger partial charge < -0.3 is 19.9 Å². The molecule has 2 heterocycles. The number of likely N-dealkylation sites (tertiary alicyclic amines) is 1. The highest BCUT2D eigenvalue weighted by Crippen LogP contribution is 2.28. The second-order valence-electron chi connectivity index (χ2n) is 7.15. The normalized spacial score (nSPS) is 28.0. The minimum atomic E-state index is 0.0836. The average Bonchev–Trinajstić information content (AvgIpc) is 2.63. The number of hydrogen-bond acceptors (Lipinski definition) is 3. The fourth-order valence-electron chi connectivity index (χ4n) is 3.65. The third-order valence-corrected chi connectivity index (χ3v) is 5.20. The Morgan fingerprint density at radius 1 is 1.25 bits per heavy atom. The van der Waals surface area contributed by atoms with Gasteiger partial charge in [0.2, 0.25) is 0 Å². The molecule has 5 nitrogen and oxygen atoms in total. The molecule has 1 N–H and O–H groups in total. The molecule has 3 rings (SSSR count). The van der Waals surface area contributed by atoms with E-state index in [2.05, 4.69) is 36.4 Å². The monoisotopic (exact) mass is 331 g/mol. The molecule has 1 aromatic carbocycles. The number of benzene rings is 1. The first-order valence-corrected chi connectivity index (χ1v) is 9.02. The number of ether oxygens (including phenoxy) is 1. The van der Waals surface area contributed by atoms with Gasteiger partial charge in [0.15, 0.2) is 0 Å². The Hall–Kier alpha value is -1.59. The molecule has 0 aliphatic carbocycles. The first kappa shape index (κ1) is 17.2. The van der Waals surface area contributed by atoms with Gasteiger partial charge in [0.05, 0.1) is 6.10 Å². The summed E-state index contributed by atoms with van der Waals surface area (Å²) in [6.07, 6.45) is 4.07. The van der Waals surface area contributed by atoms with E-state index in [1.54, 1.807) is 0 Å². The van der Waals surface area contributed by atoms with E-state index in [1.807, 2.05) is 23.1 Å². The number of piperidine rings is 1. The quantitative estimate of drug-likeness (QED) is 0.926. The minimum Gasteiger partial charge on any atom is -0.373 e. The van der Waals surface area contributed by atoms with Gasteiger partial charge in [-0.05, 0) is 45.3 Å². The molecule has 2 aliphatic heterocycles. The maximum atomic E-state index is 12.6. The number of carbonyl (C=O) groups is 1. The Morgan fingerprint density at radius 2 is 2.04 bits per heavy atom. The largest absolute Gasteiger partial charge is 0.373 e. The van der Waals surface area contributed by atoms with Crippen molar-refractivity contribution < 1.29 is 9.53 Å². The maximum Gasteiger partial charge on any atom is 0.317 e. The highest BCUT2D eigenvalue weighted by atomic mass is 16.5. The molecule has 0 radical (unpaired) electrons. The number of rotatable bonds is 3. The van der Waals surface area contributed by atoms with Crippen molar-refractivity contribution in [1.29, 1.82) is 0 Å². The number of likely N-dealkylation sites (N-methyl/N-ethyl adjacent to an activating group) is 1. The summed E-state index contributed by atoms with van der Waals surface area (Å²) in [6.45, 7) is 2.39. The molecule has 0 unspecified atom stereocenters. The van der Waals surface area contributed by atoms with Crippen LogP contribution in [0.1, 0.15) is 37.4 Å². The zero-order valence-corrected chi connectivity index (χ0v) is 14.8. The van der Waals surface area contributed by atoms with Crippen LogP contribution in [-0.2, 0) is 4.74 Å². The zero-order chi connectivity index (χ0) is 16.9. The summed E-state index contributed by atoms with van der Waals surface area (Å²) in [5.74, 6) is 0. The van der Waals surface area contributed by atoms with Gasteiger partial charge in [-0.15, -0.1) is 0 Å². The molecule has 0 spiro atoms. The van der Waals surface area contributed by atoms with E-state index in [1.165, 1.54) is 12.0 Å². The van der Waals surface area contributed by atoms with Gasteiger partial charge >= 0.3 is 6.03 Å². The average molecular weight is 331 g/mol. The topological polar surface area (TPSA) is 44.8 Å². The lowest BCUT2D eigenvalue weighted by Gasteiger charge is -2.38. The molecule has 0 saturated carbocycles. The number of amides is 2. The summed E-state index contributed by atoms with van der Waals surface area (Å²) in [4.78, 5) is 16.8. The predicted molar refractivity (Wildman–Crippen MR) is 95.0 cm³/mol. The van der Waals surface area contributed by atoms with Crippen molar-refractivity contribution >= 4 is 6.03 Å². The lowest BCUT2D eigenvalue weighted by molar-refractivity contribution is 0.00112. The highest BCUT2D eigenvalue weighted by molar-refractivity contribution is 5.74. The Morgan fingerprint density at radius 3 is 2.79 bits per heavy atom. The van der Waals surface area contributed by atoms with Crippen LogP contribution in [0, 0.1) is 0 Å². The molecule has 132 valence electrons. The molecule has 2 saturated heterocycles. The van der Waals surface area contributed by atoms with E-state index in [4.69, 9.17) is 4.74 Å². The summed E-state index contributed by atoms with van der Waals surface area (Å²) in [5.41, 5.74) is 1.20. The Labute approximate surface area is 145 Å². The smallest absolute Gasteiger partial charge is 0.317 e. The van der Waals surface area contributed by atoms with Gasteiger partial charge in [-0.1, -0.05) is 30.3 Å². The summed E-state index contributed by atoms with van der Waals surface area (Å²) >= 11 is 0. The fraction of sp³-hybridized carbons (Fsp3) is 0.632. The molecule has 0 bridgehead atoms. The van der Waals surface area contributed by atoms with Crippen molar-refractivity contribution in [2.75, 3.05) is 33.8 Å². The molecular weight excluding hydrogens is 302 g/mol. The van der Waals surface area contributed by atoms with Crippen LogP contribution in [0.4, 0.5) is 4.79 Å². The molecule has 2 aliphatic rings. The van der Waals surface area contributed by atoms with Crippen LogP contribution in [0.25, 0.3) is 0 Å². The molecule has 24 heavy (non-hydrogen) atoms. The van der Waals surface area contributed by atoms with Crippen LogP contribution in [0.2, 0.25) is 0 Å². The van der Waals surface area contributed by atoms with Crippen molar-refractivity contribution in [2.45, 2.75) is 43.9 Å². The summed E-state index contributed by atoms with van der Waals surface area (Å²) in [7, 11) is 4.18. The van der Waals surface area contributed by atoms with E-state index < -0.39 is 0 Å². The number of carbonyl (C=O) groups excluding carboxylic acids is 1. The molecule has 0 aromatic heterocycles. The third kappa shape index (κ3) is 4.28. The molecule has 2 amide bonds. The number of nitrogens with one attached hydrogen (secondary N) is 1.